The van der Waals surface area contributed by atoms with Gasteiger partial charge < -0.3 is 18.4 Å². The van der Waals surface area contributed by atoms with Crippen molar-refractivity contribution in [3.05, 3.63) is 48.0 Å². The molecule has 1 N–H and O–H groups in total. The van der Waals surface area contributed by atoms with E-state index >= 15 is 0 Å². The molecule has 0 amide bonds. The first-order valence-corrected chi connectivity index (χ1v) is 9.80. The van der Waals surface area contributed by atoms with Crippen molar-refractivity contribution in [2.75, 3.05) is 0 Å². The number of sulfone groups is 1. The molecule has 0 saturated heterocycles. The summed E-state index contributed by atoms with van der Waals surface area (Å²) in [5, 5.41) is 0. The maximum Gasteiger partial charge on any atom is 1.00 e. The number of hydrogen-bond donors (Lipinski definition) is 0. The Bertz CT molecular complexity index is 1110. The Kier molecular flexibility index (Phi) is 11.6. The van der Waals surface area contributed by atoms with E-state index in [9.17, 15) is 38.6 Å². The van der Waals surface area contributed by atoms with Crippen LogP contribution in [0.3, 0.4) is 0 Å². The fraction of sp³-hybridized carbons (Fsp3) is 0. The molecule has 0 saturated carbocycles. The van der Waals surface area contributed by atoms with E-state index in [2.05, 4.69) is 0 Å². The van der Waals surface area contributed by atoms with Gasteiger partial charge in [-0.3, -0.25) is 0 Å². The van der Waals surface area contributed by atoms with E-state index in [4.69, 9.17) is 0 Å². The molecule has 0 aliphatic heterocycles. The Morgan fingerprint density at radius 2 is 1.26 bits per heavy atom. The van der Waals surface area contributed by atoms with Gasteiger partial charge in [0.05, 0.1) is 14.7 Å². The molecular formula is C12H7F2Na2O8S3-. The zero-order valence-electron chi connectivity index (χ0n) is 13.7. The summed E-state index contributed by atoms with van der Waals surface area (Å²) >= 11 is 0. The fourth-order valence-corrected chi connectivity index (χ4v) is 4.25. The van der Waals surface area contributed by atoms with Gasteiger partial charge in [0, 0.05) is 0 Å². The molecule has 0 radical (unpaired) electrons. The van der Waals surface area contributed by atoms with Gasteiger partial charge in [-0.05, 0) is 45.9 Å². The zero-order chi connectivity index (χ0) is 18.3. The van der Waals surface area contributed by atoms with Crippen LogP contribution in [0.5, 0.6) is 0 Å². The SMILES string of the molecule is O=[S-](=O)c1cc(S(=O)(=O)c2ccc(F)c(S(=O)(=O)[O-])c2)ccc1F.[Na+].[Na+].[OH-]. The molecule has 0 atom stereocenters. The van der Waals surface area contributed by atoms with Crippen molar-refractivity contribution >= 4 is 30.7 Å². The fourth-order valence-electron chi connectivity index (χ4n) is 1.76. The predicted molar refractivity (Wildman–Crippen MR) is 75.2 cm³/mol. The molecule has 0 aromatic heterocycles. The second kappa shape index (κ2) is 10.7. The van der Waals surface area contributed by atoms with Crippen LogP contribution in [-0.2, 0) is 39.1 Å². The molecule has 0 bridgehead atoms. The molecule has 15 heteroatoms. The van der Waals surface area contributed by atoms with Crippen LogP contribution in [0.1, 0.15) is 0 Å². The van der Waals surface area contributed by atoms with E-state index in [-0.39, 0.29) is 64.6 Å². The van der Waals surface area contributed by atoms with Gasteiger partial charge in [0.1, 0.15) is 21.8 Å². The third-order valence-corrected chi connectivity index (χ3v) is 6.15. The summed E-state index contributed by atoms with van der Waals surface area (Å²) in [6.07, 6.45) is 0. The van der Waals surface area contributed by atoms with E-state index in [0.717, 1.165) is 6.07 Å². The zero-order valence-corrected chi connectivity index (χ0v) is 20.2. The van der Waals surface area contributed by atoms with Gasteiger partial charge in [0.25, 0.3) is 0 Å². The number of hydrogen-bond acceptors (Lipinski definition) is 9. The van der Waals surface area contributed by atoms with Gasteiger partial charge in [-0.2, -0.15) is 0 Å². The first-order valence-electron chi connectivity index (χ1n) is 5.84. The molecule has 2 rings (SSSR count). The number of rotatable bonds is 4. The molecule has 0 aliphatic carbocycles. The summed E-state index contributed by atoms with van der Waals surface area (Å²) in [6.45, 7) is 0. The second-order valence-corrected chi connectivity index (χ2v) is 8.58. The van der Waals surface area contributed by atoms with Crippen LogP contribution in [0.25, 0.3) is 0 Å². The van der Waals surface area contributed by atoms with Crippen LogP contribution in [0.2, 0.25) is 0 Å². The summed E-state index contributed by atoms with van der Waals surface area (Å²) in [4.78, 5) is -3.75. The monoisotopic (exact) mass is 459 g/mol. The second-order valence-electron chi connectivity index (χ2n) is 4.38. The quantitative estimate of drug-likeness (QED) is 0.191. The van der Waals surface area contributed by atoms with Crippen LogP contribution >= 0.6 is 0 Å². The van der Waals surface area contributed by atoms with Crippen LogP contribution in [0, 0.1) is 11.6 Å². The normalized spacial score (nSPS) is 11.1. The van der Waals surface area contributed by atoms with Crippen LogP contribution in [0.15, 0.2) is 56.0 Å². The Morgan fingerprint density at radius 1 is 0.815 bits per heavy atom. The van der Waals surface area contributed by atoms with Crippen molar-refractivity contribution in [2.45, 2.75) is 19.6 Å². The van der Waals surface area contributed by atoms with Crippen LogP contribution in [0.4, 0.5) is 8.78 Å². The van der Waals surface area contributed by atoms with Crippen molar-refractivity contribution in [2.24, 2.45) is 0 Å². The first kappa shape index (κ1) is 29.3. The Labute approximate surface area is 199 Å². The largest absolute Gasteiger partial charge is 1.00 e. The van der Waals surface area contributed by atoms with E-state index < -0.39 is 61.9 Å². The molecular weight excluding hydrogens is 452 g/mol. The molecule has 0 aliphatic rings. The predicted octanol–water partition coefficient (Wildman–Crippen LogP) is -4.80. The summed E-state index contributed by atoms with van der Waals surface area (Å²) in [7, 11) is -12.9. The van der Waals surface area contributed by atoms with Gasteiger partial charge in [0.2, 0.25) is 9.84 Å². The van der Waals surface area contributed by atoms with Gasteiger partial charge in [-0.1, -0.05) is 6.07 Å². The third kappa shape index (κ3) is 6.54. The topological polar surface area (TPSA) is 155 Å². The summed E-state index contributed by atoms with van der Waals surface area (Å²) < 4.78 is 106. The third-order valence-electron chi connectivity index (χ3n) is 2.87. The molecule has 2 aromatic carbocycles. The minimum atomic E-state index is -5.27. The summed E-state index contributed by atoms with van der Waals surface area (Å²) in [5.74, 6) is -2.63. The molecule has 27 heavy (non-hydrogen) atoms. The minimum absolute atomic E-state index is 0. The maximum absolute atomic E-state index is 13.4. The van der Waals surface area contributed by atoms with E-state index in [0.29, 0.717) is 30.3 Å². The molecule has 2 aromatic rings. The van der Waals surface area contributed by atoms with E-state index in [1.54, 1.807) is 0 Å². The number of benzene rings is 2. The van der Waals surface area contributed by atoms with Gasteiger partial charge in [-0.15, -0.1) is 0 Å². The summed E-state index contributed by atoms with van der Waals surface area (Å²) in [6, 6.07) is 3.32. The molecule has 0 fully saturated rings. The smallest absolute Gasteiger partial charge is 0.870 e. The maximum atomic E-state index is 13.4. The molecule has 0 unspecified atom stereocenters. The first-order chi connectivity index (χ1) is 10.9. The van der Waals surface area contributed by atoms with E-state index in [1.165, 1.54) is 0 Å². The Hall–Kier alpha value is 0.0700. The van der Waals surface area contributed by atoms with Gasteiger partial charge in [-0.25, -0.2) is 25.6 Å². The van der Waals surface area contributed by atoms with Crippen molar-refractivity contribution < 1.29 is 103 Å². The van der Waals surface area contributed by atoms with Crippen molar-refractivity contribution in [1.82, 2.24) is 0 Å². The Morgan fingerprint density at radius 3 is 1.70 bits per heavy atom. The van der Waals surface area contributed by atoms with Gasteiger partial charge in [0.15, 0.2) is 0 Å². The van der Waals surface area contributed by atoms with Crippen molar-refractivity contribution in [3.8, 4) is 0 Å². The van der Waals surface area contributed by atoms with Crippen LogP contribution in [-0.4, -0.2) is 26.9 Å². The summed E-state index contributed by atoms with van der Waals surface area (Å²) in [5.41, 5.74) is 0. The average molecular weight is 459 g/mol. The van der Waals surface area contributed by atoms with E-state index in [1.807, 2.05) is 0 Å². The van der Waals surface area contributed by atoms with Gasteiger partial charge >= 0.3 is 59.1 Å². The average Bonchev–Trinajstić information content (AvgIpc) is 2.46. The van der Waals surface area contributed by atoms with Crippen molar-refractivity contribution in [3.63, 3.8) is 0 Å². The van der Waals surface area contributed by atoms with Crippen LogP contribution < -0.4 is 59.1 Å². The Balaban J connectivity index is 0. The number of halogens is 2. The standard InChI is InChI=1S/C12H7F2O7S3.2Na.H2O/c13-9-3-1-7(5-11(9)22(15)16)23(17,18)8-2-4-10(14)12(6-8)24(19,20)21;;;/h1-6H,(H,19,20,21);;;1H2/q-1;2*+1;/p-2. The molecule has 0 spiro atoms. The molecule has 0 heterocycles. The molecule has 138 valence electrons. The minimum Gasteiger partial charge on any atom is -0.870 e. The molecule has 8 nitrogen and oxygen atoms in total. The van der Waals surface area contributed by atoms with Crippen molar-refractivity contribution in [1.29, 1.82) is 0 Å².